The summed E-state index contributed by atoms with van der Waals surface area (Å²) in [5.41, 5.74) is 3.78. The quantitative estimate of drug-likeness (QED) is 0.880. The fourth-order valence-corrected chi connectivity index (χ4v) is 5.39. The number of likely N-dealkylation sites (tertiary alicyclic amines) is 1. The van der Waals surface area contributed by atoms with Crippen LogP contribution in [0.5, 0.6) is 0 Å². The van der Waals surface area contributed by atoms with Crippen LogP contribution in [0.3, 0.4) is 0 Å². The number of nitrogens with zero attached hydrogens (tertiary/aromatic N) is 1. The van der Waals surface area contributed by atoms with Crippen molar-refractivity contribution < 1.29 is 8.42 Å². The van der Waals surface area contributed by atoms with Crippen LogP contribution in [0, 0.1) is 0 Å². The van der Waals surface area contributed by atoms with Crippen molar-refractivity contribution >= 4 is 10.0 Å². The minimum absolute atomic E-state index is 0.0141. The van der Waals surface area contributed by atoms with Gasteiger partial charge >= 0.3 is 0 Å². The molecule has 1 atom stereocenters. The average molecular weight is 371 g/mol. The summed E-state index contributed by atoms with van der Waals surface area (Å²) in [5, 5.41) is 0. The molecule has 5 heteroatoms. The van der Waals surface area contributed by atoms with Gasteiger partial charge in [-0.15, -0.1) is 0 Å². The predicted octanol–water partition coefficient (Wildman–Crippen LogP) is 3.12. The molecule has 2 aromatic carbocycles. The summed E-state index contributed by atoms with van der Waals surface area (Å²) in [6.07, 6.45) is 5.28. The van der Waals surface area contributed by atoms with E-state index in [0.29, 0.717) is 4.90 Å². The molecule has 1 aliphatic carbocycles. The van der Waals surface area contributed by atoms with Crippen molar-refractivity contribution in [2.24, 2.45) is 0 Å². The van der Waals surface area contributed by atoms with E-state index in [-0.39, 0.29) is 6.04 Å². The van der Waals surface area contributed by atoms with Crippen molar-refractivity contribution in [3.05, 3.63) is 65.2 Å². The third-order valence-corrected chi connectivity index (χ3v) is 6.99. The molecule has 4 rings (SSSR count). The number of aryl methyl sites for hydroxylation is 2. The van der Waals surface area contributed by atoms with E-state index >= 15 is 0 Å². The van der Waals surface area contributed by atoms with E-state index in [9.17, 15) is 8.42 Å². The molecular formula is C21H26N2O2S. The van der Waals surface area contributed by atoms with Crippen molar-refractivity contribution in [2.45, 2.75) is 49.6 Å². The highest BCUT2D eigenvalue weighted by Crippen LogP contribution is 2.24. The molecule has 0 saturated carbocycles. The molecular weight excluding hydrogens is 344 g/mol. The lowest BCUT2D eigenvalue weighted by molar-refractivity contribution is 0.324. The maximum atomic E-state index is 12.8. The standard InChI is InChI=1S/C21H26N2O2S/c24-26(25,21-11-10-18-8-4-5-9-19(18)14-21)22-20-12-13-23(16-20)15-17-6-2-1-3-7-17/h1-3,6-7,10-11,14,20,22H,4-5,8-9,12-13,15-16H2. The third-order valence-electron chi connectivity index (χ3n) is 5.47. The molecule has 0 spiro atoms. The topological polar surface area (TPSA) is 49.4 Å². The number of hydrogen-bond acceptors (Lipinski definition) is 3. The maximum absolute atomic E-state index is 12.8. The zero-order chi connectivity index (χ0) is 18.0. The molecule has 0 bridgehead atoms. The van der Waals surface area contributed by atoms with Gasteiger partial charge in [0.2, 0.25) is 10.0 Å². The molecule has 1 saturated heterocycles. The Bertz CT molecular complexity index is 865. The van der Waals surface area contributed by atoms with Crippen molar-refractivity contribution in [1.29, 1.82) is 0 Å². The van der Waals surface area contributed by atoms with E-state index in [1.165, 1.54) is 23.1 Å². The summed E-state index contributed by atoms with van der Waals surface area (Å²) in [7, 11) is -3.45. The molecule has 1 aliphatic heterocycles. The highest BCUT2D eigenvalue weighted by molar-refractivity contribution is 7.89. The molecule has 0 amide bonds. The first-order valence-electron chi connectivity index (χ1n) is 9.50. The Hall–Kier alpha value is -1.69. The Morgan fingerprint density at radius 2 is 1.77 bits per heavy atom. The molecule has 1 unspecified atom stereocenters. The van der Waals surface area contributed by atoms with Crippen LogP contribution >= 0.6 is 0 Å². The van der Waals surface area contributed by atoms with Crippen LogP contribution < -0.4 is 4.72 Å². The molecule has 0 radical (unpaired) electrons. The number of fused-ring (bicyclic) bond motifs is 1. The largest absolute Gasteiger partial charge is 0.297 e. The van der Waals surface area contributed by atoms with Gasteiger partial charge in [0.1, 0.15) is 0 Å². The van der Waals surface area contributed by atoms with Gasteiger partial charge in [-0.2, -0.15) is 0 Å². The van der Waals surface area contributed by atoms with Crippen LogP contribution in [-0.2, 0) is 29.4 Å². The van der Waals surface area contributed by atoms with Crippen LogP contribution in [0.2, 0.25) is 0 Å². The second kappa shape index (κ2) is 7.51. The fraction of sp³-hybridized carbons (Fsp3) is 0.429. The van der Waals surface area contributed by atoms with Crippen molar-refractivity contribution in [2.75, 3.05) is 13.1 Å². The van der Waals surface area contributed by atoms with Crippen molar-refractivity contribution in [3.63, 3.8) is 0 Å². The molecule has 2 aliphatic rings. The Balaban J connectivity index is 1.40. The van der Waals surface area contributed by atoms with Gasteiger partial charge < -0.3 is 0 Å². The first kappa shape index (κ1) is 17.7. The SMILES string of the molecule is O=S(=O)(NC1CCN(Cc2ccccc2)C1)c1ccc2c(c1)CCCC2. The zero-order valence-electron chi connectivity index (χ0n) is 15.0. The van der Waals surface area contributed by atoms with Crippen LogP contribution in [-0.4, -0.2) is 32.4 Å². The highest BCUT2D eigenvalue weighted by Gasteiger charge is 2.27. The van der Waals surface area contributed by atoms with Gasteiger partial charge in [0.25, 0.3) is 0 Å². The van der Waals surface area contributed by atoms with Gasteiger partial charge in [-0.1, -0.05) is 36.4 Å². The molecule has 4 nitrogen and oxygen atoms in total. The number of rotatable bonds is 5. The maximum Gasteiger partial charge on any atom is 0.240 e. The molecule has 138 valence electrons. The molecule has 1 heterocycles. The monoisotopic (exact) mass is 370 g/mol. The Morgan fingerprint density at radius 1 is 1.00 bits per heavy atom. The Kier molecular flexibility index (Phi) is 5.11. The summed E-state index contributed by atoms with van der Waals surface area (Å²) in [6, 6.07) is 16.0. The minimum Gasteiger partial charge on any atom is -0.297 e. The van der Waals surface area contributed by atoms with E-state index in [1.54, 1.807) is 6.07 Å². The summed E-state index contributed by atoms with van der Waals surface area (Å²) < 4.78 is 28.5. The summed E-state index contributed by atoms with van der Waals surface area (Å²) >= 11 is 0. The van der Waals surface area contributed by atoms with E-state index in [2.05, 4.69) is 21.8 Å². The van der Waals surface area contributed by atoms with Crippen LogP contribution in [0.4, 0.5) is 0 Å². The second-order valence-corrected chi connectivity index (χ2v) is 9.18. The average Bonchev–Trinajstić information content (AvgIpc) is 3.08. The van der Waals surface area contributed by atoms with Gasteiger partial charge in [-0.25, -0.2) is 13.1 Å². The normalized spacial score (nSPS) is 20.8. The molecule has 2 aromatic rings. The van der Waals surface area contributed by atoms with Gasteiger partial charge in [-0.3, -0.25) is 4.90 Å². The summed E-state index contributed by atoms with van der Waals surface area (Å²) in [4.78, 5) is 2.73. The number of benzene rings is 2. The first-order chi connectivity index (χ1) is 12.6. The van der Waals surface area contributed by atoms with Crippen molar-refractivity contribution in [3.8, 4) is 0 Å². The van der Waals surface area contributed by atoms with Gasteiger partial charge in [-0.05, 0) is 60.9 Å². The smallest absolute Gasteiger partial charge is 0.240 e. The highest BCUT2D eigenvalue weighted by atomic mass is 32.2. The Labute approximate surface area is 156 Å². The van der Waals surface area contributed by atoms with Crippen LogP contribution in [0.1, 0.15) is 36.0 Å². The van der Waals surface area contributed by atoms with E-state index < -0.39 is 10.0 Å². The van der Waals surface area contributed by atoms with Crippen LogP contribution in [0.25, 0.3) is 0 Å². The summed E-state index contributed by atoms with van der Waals surface area (Å²) in [5.74, 6) is 0. The van der Waals surface area contributed by atoms with E-state index in [1.807, 2.05) is 30.3 Å². The summed E-state index contributed by atoms with van der Waals surface area (Å²) in [6.45, 7) is 2.56. The Morgan fingerprint density at radius 3 is 2.58 bits per heavy atom. The van der Waals surface area contributed by atoms with Gasteiger partial charge in [0, 0.05) is 25.7 Å². The van der Waals surface area contributed by atoms with E-state index in [0.717, 1.165) is 45.3 Å². The number of hydrogen-bond donors (Lipinski definition) is 1. The molecule has 1 N–H and O–H groups in total. The van der Waals surface area contributed by atoms with E-state index in [4.69, 9.17) is 0 Å². The molecule has 1 fully saturated rings. The lowest BCUT2D eigenvalue weighted by atomic mass is 9.92. The molecule has 0 aromatic heterocycles. The predicted molar refractivity (Wildman–Crippen MR) is 104 cm³/mol. The number of nitrogens with one attached hydrogen (secondary N) is 1. The van der Waals surface area contributed by atoms with Crippen LogP contribution in [0.15, 0.2) is 53.4 Å². The minimum atomic E-state index is -3.45. The fourth-order valence-electron chi connectivity index (χ4n) is 4.08. The van der Waals surface area contributed by atoms with Gasteiger partial charge in [0.15, 0.2) is 0 Å². The molecule has 26 heavy (non-hydrogen) atoms. The lowest BCUT2D eigenvalue weighted by Gasteiger charge is -2.19. The number of sulfonamides is 1. The second-order valence-electron chi connectivity index (χ2n) is 7.47. The lowest BCUT2D eigenvalue weighted by Crippen LogP contribution is -2.37. The van der Waals surface area contributed by atoms with Crippen molar-refractivity contribution in [1.82, 2.24) is 9.62 Å². The first-order valence-corrected chi connectivity index (χ1v) is 11.0. The zero-order valence-corrected chi connectivity index (χ0v) is 15.8. The third kappa shape index (κ3) is 4.00. The van der Waals surface area contributed by atoms with Gasteiger partial charge in [0.05, 0.1) is 4.90 Å².